The van der Waals surface area contributed by atoms with E-state index in [1.54, 1.807) is 29.4 Å². The Balaban J connectivity index is 1.48. The Bertz CT molecular complexity index is 1080. The van der Waals surface area contributed by atoms with E-state index in [9.17, 15) is 14.4 Å². The Morgan fingerprint density at radius 2 is 1.97 bits per heavy atom. The fraction of sp³-hybridized carbons (Fsp3) is 0.458. The van der Waals surface area contributed by atoms with E-state index < -0.39 is 6.04 Å². The van der Waals surface area contributed by atoms with Crippen molar-refractivity contribution < 1.29 is 19.1 Å². The van der Waals surface area contributed by atoms with E-state index in [4.69, 9.17) is 4.74 Å². The topological polar surface area (TPSA) is 108 Å². The minimum Gasteiger partial charge on any atom is -0.475 e. The van der Waals surface area contributed by atoms with Gasteiger partial charge in [-0.1, -0.05) is 6.07 Å². The molecule has 0 saturated carbocycles. The van der Waals surface area contributed by atoms with E-state index in [2.05, 4.69) is 20.2 Å². The molecule has 10 heteroatoms. The third-order valence-electron chi connectivity index (χ3n) is 6.75. The normalized spacial score (nSPS) is 25.4. The maximum Gasteiger partial charge on any atom is 0.257 e. The molecule has 0 aromatic carbocycles. The van der Waals surface area contributed by atoms with Crippen LogP contribution in [0.15, 0.2) is 42.7 Å². The van der Waals surface area contributed by atoms with Crippen molar-refractivity contribution in [3.8, 4) is 5.88 Å². The summed E-state index contributed by atoms with van der Waals surface area (Å²) in [6, 6.07) is 8.18. The molecule has 3 amide bonds. The van der Waals surface area contributed by atoms with Crippen LogP contribution in [0.4, 0.5) is 0 Å². The summed E-state index contributed by atoms with van der Waals surface area (Å²) in [6.45, 7) is 4.02. The molecule has 2 bridgehead atoms. The molecular weight excluding hydrogens is 436 g/mol. The lowest BCUT2D eigenvalue weighted by Crippen LogP contribution is -2.61. The van der Waals surface area contributed by atoms with Crippen LogP contribution in [-0.4, -0.2) is 93.3 Å². The smallest absolute Gasteiger partial charge is 0.257 e. The molecule has 2 fully saturated rings. The standard InChI is InChI=1S/C24H28N6O4/c1-16(31)28-9-10-30-19(14-28)15-34-23-20(6-4-8-26-23)22(32)27-18-11-21(24(30)33)29(13-18)12-17-5-2-3-7-25-17/h2-8,18-19,21H,9-15H2,1H3,(H,27,32)/t18-,19+,21+/m1/s1. The molecule has 0 aliphatic carbocycles. The number of hydrogen-bond donors (Lipinski definition) is 1. The van der Waals surface area contributed by atoms with Gasteiger partial charge in [0, 0.05) is 58.1 Å². The van der Waals surface area contributed by atoms with Crippen LogP contribution < -0.4 is 10.1 Å². The van der Waals surface area contributed by atoms with Crippen molar-refractivity contribution in [1.29, 1.82) is 0 Å². The molecule has 5 heterocycles. The van der Waals surface area contributed by atoms with Gasteiger partial charge in [-0.15, -0.1) is 0 Å². The van der Waals surface area contributed by atoms with Crippen LogP contribution in [0.5, 0.6) is 5.88 Å². The number of piperazine rings is 1. The number of ether oxygens (including phenoxy) is 1. The second-order valence-electron chi connectivity index (χ2n) is 8.99. The van der Waals surface area contributed by atoms with E-state index in [-0.39, 0.29) is 42.3 Å². The number of hydrogen-bond acceptors (Lipinski definition) is 7. The molecule has 2 saturated heterocycles. The van der Waals surface area contributed by atoms with Crippen LogP contribution in [0, 0.1) is 0 Å². The molecule has 0 radical (unpaired) electrons. The number of nitrogens with zero attached hydrogens (tertiary/aromatic N) is 5. The highest BCUT2D eigenvalue weighted by Crippen LogP contribution is 2.26. The van der Waals surface area contributed by atoms with Gasteiger partial charge in [0.2, 0.25) is 17.7 Å². The average molecular weight is 465 g/mol. The van der Waals surface area contributed by atoms with Gasteiger partial charge in [-0.3, -0.25) is 24.3 Å². The SMILES string of the molecule is CC(=O)N1CCN2C(=O)[C@@H]3C[C@H](CN3Cc3ccccn3)NC(=O)c3cccnc3OC[C@@H]2C1. The Labute approximate surface area is 197 Å². The van der Waals surface area contributed by atoms with Gasteiger partial charge in [0.05, 0.1) is 17.8 Å². The zero-order chi connectivity index (χ0) is 23.7. The van der Waals surface area contributed by atoms with Crippen molar-refractivity contribution >= 4 is 17.7 Å². The van der Waals surface area contributed by atoms with Crippen LogP contribution in [0.25, 0.3) is 0 Å². The number of aromatic nitrogens is 2. The van der Waals surface area contributed by atoms with Gasteiger partial charge in [-0.25, -0.2) is 4.98 Å². The van der Waals surface area contributed by atoms with E-state index in [0.29, 0.717) is 44.7 Å². The molecular formula is C24H28N6O4. The Kier molecular flexibility index (Phi) is 6.14. The third kappa shape index (κ3) is 4.45. The number of fused-ring (bicyclic) bond motifs is 4. The molecule has 10 nitrogen and oxygen atoms in total. The average Bonchev–Trinajstić information content (AvgIpc) is 3.24. The fourth-order valence-electron chi connectivity index (χ4n) is 5.02. The number of carbonyl (C=O) groups is 3. The monoisotopic (exact) mass is 464 g/mol. The van der Waals surface area contributed by atoms with E-state index in [1.807, 2.05) is 23.1 Å². The van der Waals surface area contributed by atoms with Gasteiger partial charge in [-0.05, 0) is 30.7 Å². The zero-order valence-electron chi connectivity index (χ0n) is 19.1. The second kappa shape index (κ2) is 9.38. The van der Waals surface area contributed by atoms with Crippen molar-refractivity contribution in [2.45, 2.75) is 38.0 Å². The van der Waals surface area contributed by atoms with Crippen LogP contribution in [-0.2, 0) is 16.1 Å². The number of carbonyl (C=O) groups excluding carboxylic acids is 3. The van der Waals surface area contributed by atoms with Crippen LogP contribution in [0.3, 0.4) is 0 Å². The zero-order valence-corrected chi connectivity index (χ0v) is 19.1. The predicted octanol–water partition coefficient (Wildman–Crippen LogP) is 0.301. The highest BCUT2D eigenvalue weighted by Gasteiger charge is 2.43. The first-order valence-corrected chi connectivity index (χ1v) is 11.6. The first kappa shape index (κ1) is 22.3. The lowest BCUT2D eigenvalue weighted by atomic mass is 10.1. The molecule has 2 aromatic rings. The summed E-state index contributed by atoms with van der Waals surface area (Å²) in [6.07, 6.45) is 3.82. The van der Waals surface area contributed by atoms with Gasteiger partial charge in [0.1, 0.15) is 12.2 Å². The Morgan fingerprint density at radius 3 is 2.76 bits per heavy atom. The lowest BCUT2D eigenvalue weighted by molar-refractivity contribution is -0.146. The van der Waals surface area contributed by atoms with E-state index >= 15 is 0 Å². The Morgan fingerprint density at radius 1 is 1.12 bits per heavy atom. The summed E-state index contributed by atoms with van der Waals surface area (Å²) in [5.74, 6) is -0.0849. The summed E-state index contributed by atoms with van der Waals surface area (Å²) in [5.41, 5.74) is 1.23. The molecule has 34 heavy (non-hydrogen) atoms. The van der Waals surface area contributed by atoms with Crippen LogP contribution >= 0.6 is 0 Å². The molecule has 3 atom stereocenters. The van der Waals surface area contributed by atoms with Crippen molar-refractivity contribution in [2.24, 2.45) is 0 Å². The highest BCUT2D eigenvalue weighted by molar-refractivity contribution is 5.96. The number of likely N-dealkylation sites (tertiary alicyclic amines) is 1. The molecule has 0 spiro atoms. The van der Waals surface area contributed by atoms with Gasteiger partial charge >= 0.3 is 0 Å². The number of pyridine rings is 2. The summed E-state index contributed by atoms with van der Waals surface area (Å²) >= 11 is 0. The molecule has 3 aliphatic rings. The fourth-order valence-corrected chi connectivity index (χ4v) is 5.02. The summed E-state index contributed by atoms with van der Waals surface area (Å²) in [7, 11) is 0. The maximum absolute atomic E-state index is 13.8. The minimum absolute atomic E-state index is 0.00806. The van der Waals surface area contributed by atoms with Crippen molar-refractivity contribution in [1.82, 2.24) is 30.0 Å². The first-order valence-electron chi connectivity index (χ1n) is 11.6. The number of nitrogens with one attached hydrogen (secondary N) is 1. The molecule has 3 aliphatic heterocycles. The van der Waals surface area contributed by atoms with Crippen molar-refractivity contribution in [3.63, 3.8) is 0 Å². The maximum atomic E-state index is 13.8. The second-order valence-corrected chi connectivity index (χ2v) is 8.99. The summed E-state index contributed by atoms with van der Waals surface area (Å²) in [5, 5.41) is 3.07. The Hall–Kier alpha value is -3.53. The van der Waals surface area contributed by atoms with E-state index in [1.165, 1.54) is 6.92 Å². The van der Waals surface area contributed by atoms with Gasteiger partial charge in [0.15, 0.2) is 0 Å². The first-order chi connectivity index (χ1) is 16.5. The molecule has 1 N–H and O–H groups in total. The molecule has 2 aromatic heterocycles. The van der Waals surface area contributed by atoms with E-state index in [0.717, 1.165) is 5.69 Å². The third-order valence-corrected chi connectivity index (χ3v) is 6.75. The molecule has 0 unspecified atom stereocenters. The minimum atomic E-state index is -0.397. The van der Waals surface area contributed by atoms with Crippen molar-refractivity contribution in [2.75, 3.05) is 32.8 Å². The van der Waals surface area contributed by atoms with Crippen LogP contribution in [0.2, 0.25) is 0 Å². The van der Waals surface area contributed by atoms with Gasteiger partial charge < -0.3 is 19.9 Å². The molecule has 5 rings (SSSR count). The van der Waals surface area contributed by atoms with Crippen LogP contribution in [0.1, 0.15) is 29.4 Å². The quantitative estimate of drug-likeness (QED) is 0.681. The highest BCUT2D eigenvalue weighted by atomic mass is 16.5. The number of rotatable bonds is 2. The number of amides is 3. The largest absolute Gasteiger partial charge is 0.475 e. The molecule has 178 valence electrons. The van der Waals surface area contributed by atoms with Crippen molar-refractivity contribution in [3.05, 3.63) is 54.0 Å². The van der Waals surface area contributed by atoms with Gasteiger partial charge in [-0.2, -0.15) is 0 Å². The summed E-state index contributed by atoms with van der Waals surface area (Å²) < 4.78 is 5.96. The van der Waals surface area contributed by atoms with Gasteiger partial charge in [0.25, 0.3) is 5.91 Å². The lowest BCUT2D eigenvalue weighted by Gasteiger charge is -2.42. The predicted molar refractivity (Wildman–Crippen MR) is 122 cm³/mol. The summed E-state index contributed by atoms with van der Waals surface area (Å²) in [4.78, 5) is 53.3.